The van der Waals surface area contributed by atoms with E-state index in [2.05, 4.69) is 0 Å². The predicted molar refractivity (Wildman–Crippen MR) is 77.7 cm³/mol. The molecule has 0 radical (unpaired) electrons. The normalized spacial score (nSPS) is 10.2. The molecule has 2 rings (SSSR count). The molecule has 0 aliphatic heterocycles. The van der Waals surface area contributed by atoms with Gasteiger partial charge in [-0.25, -0.2) is 0 Å². The lowest BCUT2D eigenvalue weighted by molar-refractivity contribution is 0.303. The van der Waals surface area contributed by atoms with E-state index in [4.69, 9.17) is 15.9 Å². The topological polar surface area (TPSA) is 59.1 Å². The average Bonchev–Trinajstić information content (AvgIpc) is 2.39. The van der Waals surface area contributed by atoms with E-state index in [1.807, 2.05) is 56.3 Å². The Morgan fingerprint density at radius 1 is 1.11 bits per heavy atom. The van der Waals surface area contributed by atoms with E-state index >= 15 is 0 Å². The van der Waals surface area contributed by atoms with Crippen molar-refractivity contribution >= 4 is 5.84 Å². The second-order valence-corrected chi connectivity index (χ2v) is 4.61. The molecule has 0 aliphatic carbocycles. The molecule has 0 atom stereocenters. The van der Waals surface area contributed by atoms with E-state index in [9.17, 15) is 0 Å². The van der Waals surface area contributed by atoms with E-state index in [0.29, 0.717) is 6.61 Å². The summed E-state index contributed by atoms with van der Waals surface area (Å²) in [6.07, 6.45) is 0. The zero-order chi connectivity index (χ0) is 13.8. The van der Waals surface area contributed by atoms with Crippen LogP contribution in [-0.2, 0) is 6.61 Å². The van der Waals surface area contributed by atoms with Gasteiger partial charge >= 0.3 is 0 Å². The molecule has 2 aromatic carbocycles. The summed E-state index contributed by atoms with van der Waals surface area (Å²) in [6.45, 7) is 4.55. The van der Waals surface area contributed by atoms with Gasteiger partial charge in [0.25, 0.3) is 0 Å². The van der Waals surface area contributed by atoms with Gasteiger partial charge in [-0.15, -0.1) is 0 Å². The highest BCUT2D eigenvalue weighted by atomic mass is 16.5. The Bertz CT molecular complexity index is 605. The van der Waals surface area contributed by atoms with Crippen molar-refractivity contribution in [1.29, 1.82) is 5.41 Å². The van der Waals surface area contributed by atoms with Crippen molar-refractivity contribution in [2.75, 3.05) is 0 Å². The molecule has 0 saturated heterocycles. The maximum absolute atomic E-state index is 7.41. The second kappa shape index (κ2) is 5.57. The summed E-state index contributed by atoms with van der Waals surface area (Å²) in [5, 5.41) is 7.41. The van der Waals surface area contributed by atoms with Gasteiger partial charge in [0, 0.05) is 5.56 Å². The van der Waals surface area contributed by atoms with Crippen LogP contribution in [0.4, 0.5) is 0 Å². The van der Waals surface area contributed by atoms with E-state index in [1.165, 1.54) is 0 Å². The van der Waals surface area contributed by atoms with E-state index in [1.54, 1.807) is 0 Å². The smallest absolute Gasteiger partial charge is 0.122 e. The van der Waals surface area contributed by atoms with Crippen LogP contribution in [-0.4, -0.2) is 5.84 Å². The van der Waals surface area contributed by atoms with Crippen molar-refractivity contribution in [3.63, 3.8) is 0 Å². The number of hydrogen-bond donors (Lipinski definition) is 2. The van der Waals surface area contributed by atoms with Gasteiger partial charge in [-0.3, -0.25) is 5.41 Å². The molecule has 3 nitrogen and oxygen atoms in total. The number of para-hydroxylation sites is 1. The highest BCUT2D eigenvalue weighted by Gasteiger charge is 2.04. The summed E-state index contributed by atoms with van der Waals surface area (Å²) in [7, 11) is 0. The molecular formula is C16H18N2O. The molecule has 0 bridgehead atoms. The summed E-state index contributed by atoms with van der Waals surface area (Å²) in [5.41, 5.74) is 9.53. The number of nitrogen functional groups attached to an aromatic ring is 1. The van der Waals surface area contributed by atoms with Crippen LogP contribution in [0, 0.1) is 19.3 Å². The number of ether oxygens (including phenoxy) is 1. The molecule has 3 heteroatoms. The van der Waals surface area contributed by atoms with Crippen LogP contribution in [0.25, 0.3) is 0 Å². The van der Waals surface area contributed by atoms with Crippen LogP contribution in [0.1, 0.15) is 22.3 Å². The fourth-order valence-electron chi connectivity index (χ4n) is 1.90. The van der Waals surface area contributed by atoms with Crippen molar-refractivity contribution < 1.29 is 4.74 Å². The molecule has 3 N–H and O–H groups in total. The standard InChI is InChI=1S/C16H18N2O/c1-11-5-3-4-6-15(11)19-10-14-8-7-13(16(17)18)9-12(14)2/h3-9H,10H2,1-2H3,(H3,17,18). The minimum absolute atomic E-state index is 0.0921. The van der Waals surface area contributed by atoms with Gasteiger partial charge in [-0.1, -0.05) is 30.3 Å². The first kappa shape index (κ1) is 13.1. The number of benzene rings is 2. The molecule has 0 saturated carbocycles. The monoisotopic (exact) mass is 254 g/mol. The van der Waals surface area contributed by atoms with Crippen LogP contribution < -0.4 is 10.5 Å². The molecular weight excluding hydrogens is 236 g/mol. The molecule has 2 aromatic rings. The molecule has 0 heterocycles. The van der Waals surface area contributed by atoms with Gasteiger partial charge in [-0.2, -0.15) is 0 Å². The molecule has 19 heavy (non-hydrogen) atoms. The number of nitrogens with one attached hydrogen (secondary N) is 1. The first-order valence-corrected chi connectivity index (χ1v) is 6.20. The second-order valence-electron chi connectivity index (χ2n) is 4.61. The summed E-state index contributed by atoms with van der Waals surface area (Å²) in [6, 6.07) is 13.7. The number of rotatable bonds is 4. The van der Waals surface area contributed by atoms with Gasteiger partial charge in [0.2, 0.25) is 0 Å². The number of amidine groups is 1. The van der Waals surface area contributed by atoms with Crippen molar-refractivity contribution in [2.45, 2.75) is 20.5 Å². The number of hydrogen-bond acceptors (Lipinski definition) is 2. The largest absolute Gasteiger partial charge is 0.489 e. The predicted octanol–water partition coefficient (Wildman–Crippen LogP) is 3.17. The Labute approximate surface area is 113 Å². The molecule has 98 valence electrons. The Balaban J connectivity index is 2.12. The molecule has 0 spiro atoms. The van der Waals surface area contributed by atoms with Gasteiger partial charge in [0.15, 0.2) is 0 Å². The fourth-order valence-corrected chi connectivity index (χ4v) is 1.90. The number of aryl methyl sites for hydroxylation is 2. The quantitative estimate of drug-likeness (QED) is 0.650. The average molecular weight is 254 g/mol. The van der Waals surface area contributed by atoms with Crippen LogP contribution >= 0.6 is 0 Å². The van der Waals surface area contributed by atoms with E-state index in [0.717, 1.165) is 28.0 Å². The van der Waals surface area contributed by atoms with Gasteiger partial charge in [-0.05, 0) is 42.7 Å². The third-order valence-corrected chi connectivity index (χ3v) is 3.13. The Hall–Kier alpha value is -2.29. The Morgan fingerprint density at radius 3 is 2.47 bits per heavy atom. The van der Waals surface area contributed by atoms with Crippen molar-refractivity contribution in [1.82, 2.24) is 0 Å². The highest BCUT2D eigenvalue weighted by Crippen LogP contribution is 2.19. The van der Waals surface area contributed by atoms with Crippen molar-refractivity contribution in [2.24, 2.45) is 5.73 Å². The van der Waals surface area contributed by atoms with Crippen LogP contribution in [0.3, 0.4) is 0 Å². The Kier molecular flexibility index (Phi) is 3.85. The maximum atomic E-state index is 7.41. The first-order chi connectivity index (χ1) is 9.08. The fraction of sp³-hybridized carbons (Fsp3) is 0.188. The molecule has 0 aliphatic rings. The van der Waals surface area contributed by atoms with Gasteiger partial charge in [0.05, 0.1) is 0 Å². The molecule has 0 unspecified atom stereocenters. The van der Waals surface area contributed by atoms with Crippen LogP contribution in [0.2, 0.25) is 0 Å². The van der Waals surface area contributed by atoms with Crippen LogP contribution in [0.5, 0.6) is 5.75 Å². The third-order valence-electron chi connectivity index (χ3n) is 3.13. The molecule has 0 amide bonds. The highest BCUT2D eigenvalue weighted by molar-refractivity contribution is 5.95. The van der Waals surface area contributed by atoms with Gasteiger partial charge in [0.1, 0.15) is 18.2 Å². The lowest BCUT2D eigenvalue weighted by Gasteiger charge is -2.11. The summed E-state index contributed by atoms with van der Waals surface area (Å²) in [5.74, 6) is 0.993. The molecule has 0 fully saturated rings. The molecule has 0 aromatic heterocycles. The number of nitrogens with two attached hydrogens (primary N) is 1. The van der Waals surface area contributed by atoms with Crippen LogP contribution in [0.15, 0.2) is 42.5 Å². The van der Waals surface area contributed by atoms with E-state index < -0.39 is 0 Å². The zero-order valence-corrected chi connectivity index (χ0v) is 11.2. The first-order valence-electron chi connectivity index (χ1n) is 6.20. The zero-order valence-electron chi connectivity index (χ0n) is 11.2. The lowest BCUT2D eigenvalue weighted by Crippen LogP contribution is -2.11. The van der Waals surface area contributed by atoms with Crippen molar-refractivity contribution in [3.8, 4) is 5.75 Å². The summed E-state index contributed by atoms with van der Waals surface area (Å²) < 4.78 is 5.82. The minimum atomic E-state index is 0.0921. The summed E-state index contributed by atoms with van der Waals surface area (Å²) >= 11 is 0. The van der Waals surface area contributed by atoms with E-state index in [-0.39, 0.29) is 5.84 Å². The lowest BCUT2D eigenvalue weighted by atomic mass is 10.1. The van der Waals surface area contributed by atoms with Crippen molar-refractivity contribution in [3.05, 3.63) is 64.7 Å². The van der Waals surface area contributed by atoms with Gasteiger partial charge < -0.3 is 10.5 Å². The SMILES string of the molecule is Cc1cc(C(=N)N)ccc1COc1ccccc1C. The minimum Gasteiger partial charge on any atom is -0.489 e. The summed E-state index contributed by atoms with van der Waals surface area (Å²) in [4.78, 5) is 0. The Morgan fingerprint density at radius 2 is 1.84 bits per heavy atom. The maximum Gasteiger partial charge on any atom is 0.122 e. The third kappa shape index (κ3) is 3.13.